The average Bonchev–Trinajstić information content (AvgIpc) is 3.62. The Bertz CT molecular complexity index is 2300. The van der Waals surface area contributed by atoms with Crippen molar-refractivity contribution in [2.24, 2.45) is 10.7 Å². The summed E-state index contributed by atoms with van der Waals surface area (Å²) in [5.41, 5.74) is 22.0. The Balaban J connectivity index is 1.18. The van der Waals surface area contributed by atoms with Crippen molar-refractivity contribution in [2.75, 3.05) is 0 Å². The molecule has 0 amide bonds. The second kappa shape index (κ2) is 10.9. The minimum Gasteiger partial charge on any atom is -0.383 e. The van der Waals surface area contributed by atoms with Crippen LogP contribution in [0.3, 0.4) is 0 Å². The highest BCUT2D eigenvalue weighted by Crippen LogP contribution is 2.62. The van der Waals surface area contributed by atoms with Crippen LogP contribution in [0.25, 0.3) is 44.5 Å². The van der Waals surface area contributed by atoms with Crippen molar-refractivity contribution in [2.45, 2.75) is 5.41 Å². The lowest BCUT2D eigenvalue weighted by atomic mass is 9.70. The SMILES string of the molecule is N=C(/N=C(\N)c1cc(-c2ccccc2)cc(-c2ccccc2)c1)c1ccc2c(c1)C1(c3ccccc3-c3ccccc31)c1ccccc1-2. The summed E-state index contributed by atoms with van der Waals surface area (Å²) in [4.78, 5) is 4.74. The van der Waals surface area contributed by atoms with E-state index in [1.54, 1.807) is 0 Å². The van der Waals surface area contributed by atoms with Crippen LogP contribution < -0.4 is 5.73 Å². The monoisotopic (exact) mass is 613 g/mol. The Morgan fingerprint density at radius 3 is 1.35 bits per heavy atom. The zero-order chi connectivity index (χ0) is 32.2. The van der Waals surface area contributed by atoms with Crippen LogP contribution in [0.1, 0.15) is 33.4 Å². The van der Waals surface area contributed by atoms with Gasteiger partial charge in [0.2, 0.25) is 0 Å². The molecule has 1 spiro atoms. The molecule has 3 N–H and O–H groups in total. The highest BCUT2D eigenvalue weighted by Gasteiger charge is 2.51. The third-order valence-electron chi connectivity index (χ3n) is 9.95. The smallest absolute Gasteiger partial charge is 0.154 e. The summed E-state index contributed by atoms with van der Waals surface area (Å²) < 4.78 is 0. The van der Waals surface area contributed by atoms with Gasteiger partial charge in [-0.05, 0) is 91.0 Å². The van der Waals surface area contributed by atoms with Crippen LogP contribution in [0.15, 0.2) is 175 Å². The fraction of sp³-hybridized carbons (Fsp3) is 0.0222. The van der Waals surface area contributed by atoms with Crippen LogP contribution in [0.4, 0.5) is 0 Å². The van der Waals surface area contributed by atoms with Crippen LogP contribution in [0.5, 0.6) is 0 Å². The van der Waals surface area contributed by atoms with E-state index in [1.807, 2.05) is 42.5 Å². The van der Waals surface area contributed by atoms with Gasteiger partial charge in [-0.1, -0.05) is 146 Å². The summed E-state index contributed by atoms with van der Waals surface area (Å²) >= 11 is 0. The Labute approximate surface area is 280 Å². The van der Waals surface area contributed by atoms with E-state index >= 15 is 0 Å². The van der Waals surface area contributed by atoms with Crippen LogP contribution in [0, 0.1) is 5.41 Å². The molecule has 48 heavy (non-hydrogen) atoms. The third kappa shape index (κ3) is 4.14. The number of benzene rings is 7. The van der Waals surface area contributed by atoms with E-state index in [2.05, 4.69) is 127 Å². The van der Waals surface area contributed by atoms with Crippen molar-refractivity contribution >= 4 is 11.7 Å². The molecule has 0 aromatic heterocycles. The normalized spacial score (nSPS) is 13.5. The van der Waals surface area contributed by atoms with E-state index in [1.165, 1.54) is 44.5 Å². The predicted octanol–water partition coefficient (Wildman–Crippen LogP) is 10.1. The number of fused-ring (bicyclic) bond motifs is 10. The molecule has 3 heteroatoms. The van der Waals surface area contributed by atoms with Gasteiger partial charge in [-0.15, -0.1) is 0 Å². The molecule has 3 nitrogen and oxygen atoms in total. The van der Waals surface area contributed by atoms with Crippen molar-refractivity contribution in [3.63, 3.8) is 0 Å². The number of hydrogen-bond donors (Lipinski definition) is 2. The van der Waals surface area contributed by atoms with E-state index in [9.17, 15) is 5.41 Å². The number of rotatable bonds is 4. The average molecular weight is 614 g/mol. The van der Waals surface area contributed by atoms with Gasteiger partial charge in [0, 0.05) is 11.1 Å². The summed E-state index contributed by atoms with van der Waals surface area (Å²) in [5, 5.41) is 9.25. The topological polar surface area (TPSA) is 62.2 Å². The molecule has 226 valence electrons. The fourth-order valence-corrected chi connectivity index (χ4v) is 7.86. The number of nitrogens with two attached hydrogens (primary N) is 1. The summed E-state index contributed by atoms with van der Waals surface area (Å²) in [7, 11) is 0. The highest BCUT2D eigenvalue weighted by molar-refractivity contribution is 6.11. The van der Waals surface area contributed by atoms with Crippen molar-refractivity contribution in [1.29, 1.82) is 5.41 Å². The predicted molar refractivity (Wildman–Crippen MR) is 198 cm³/mol. The van der Waals surface area contributed by atoms with E-state index in [0.29, 0.717) is 5.84 Å². The first-order chi connectivity index (χ1) is 23.6. The van der Waals surface area contributed by atoms with E-state index in [0.717, 1.165) is 33.4 Å². The maximum Gasteiger partial charge on any atom is 0.154 e. The molecule has 0 fully saturated rings. The minimum absolute atomic E-state index is 0.132. The van der Waals surface area contributed by atoms with Gasteiger partial charge >= 0.3 is 0 Å². The molecule has 2 aliphatic carbocycles. The molecular formula is C45H31N3. The van der Waals surface area contributed by atoms with Crippen LogP contribution in [0.2, 0.25) is 0 Å². The summed E-state index contributed by atoms with van der Waals surface area (Å²) in [6.07, 6.45) is 0. The van der Waals surface area contributed by atoms with E-state index < -0.39 is 5.41 Å². The molecular weight excluding hydrogens is 583 g/mol. The Kier molecular flexibility index (Phi) is 6.34. The van der Waals surface area contributed by atoms with Crippen molar-refractivity contribution in [3.8, 4) is 44.5 Å². The second-order valence-corrected chi connectivity index (χ2v) is 12.5. The molecule has 0 heterocycles. The first-order valence-electron chi connectivity index (χ1n) is 16.3. The van der Waals surface area contributed by atoms with Crippen LogP contribution in [-0.4, -0.2) is 11.7 Å². The lowest BCUT2D eigenvalue weighted by molar-refractivity contribution is 0.793. The number of hydrogen-bond acceptors (Lipinski definition) is 1. The molecule has 0 bridgehead atoms. The van der Waals surface area contributed by atoms with Gasteiger partial charge in [0.05, 0.1) is 5.41 Å². The van der Waals surface area contributed by atoms with Crippen molar-refractivity contribution in [3.05, 3.63) is 203 Å². The number of nitrogens with zero attached hydrogens (tertiary/aromatic N) is 1. The largest absolute Gasteiger partial charge is 0.383 e. The van der Waals surface area contributed by atoms with E-state index in [-0.39, 0.29) is 5.84 Å². The lowest BCUT2D eigenvalue weighted by Crippen LogP contribution is -2.26. The molecule has 0 aliphatic heterocycles. The first kappa shape index (κ1) is 27.9. The number of nitrogens with one attached hydrogen (secondary N) is 1. The molecule has 0 unspecified atom stereocenters. The van der Waals surface area contributed by atoms with Gasteiger partial charge in [0.25, 0.3) is 0 Å². The Hall–Kier alpha value is -6.32. The molecule has 0 saturated carbocycles. The second-order valence-electron chi connectivity index (χ2n) is 12.5. The fourth-order valence-electron chi connectivity index (χ4n) is 7.86. The van der Waals surface area contributed by atoms with Gasteiger partial charge in [-0.25, -0.2) is 4.99 Å². The van der Waals surface area contributed by atoms with Crippen LogP contribution >= 0.6 is 0 Å². The molecule has 9 rings (SSSR count). The number of aliphatic imine (C=N–C) groups is 1. The standard InChI is InChI=1S/C45H31N3/c46-43(48-44(47)34-26-32(29-13-3-1-4-14-29)25-33(27-34)30-15-5-2-6-16-30)31-23-24-38-37-19-9-12-22-41(37)45(42(38)28-31)39-20-10-7-17-35(39)36-18-8-11-21-40(36)45/h1-28H,(H3,46,47,48). The summed E-state index contributed by atoms with van der Waals surface area (Å²) in [5.74, 6) is 0.442. The van der Waals surface area contributed by atoms with Crippen molar-refractivity contribution < 1.29 is 0 Å². The zero-order valence-corrected chi connectivity index (χ0v) is 26.2. The molecule has 0 saturated heterocycles. The first-order valence-corrected chi connectivity index (χ1v) is 16.3. The quantitative estimate of drug-likeness (QED) is 0.151. The summed E-state index contributed by atoms with van der Waals surface area (Å²) in [6, 6.07) is 59.5. The van der Waals surface area contributed by atoms with Crippen LogP contribution in [-0.2, 0) is 5.41 Å². The third-order valence-corrected chi connectivity index (χ3v) is 9.95. The maximum atomic E-state index is 9.25. The molecule has 0 radical (unpaired) electrons. The zero-order valence-electron chi connectivity index (χ0n) is 26.2. The van der Waals surface area contributed by atoms with Gasteiger partial charge in [-0.3, -0.25) is 5.41 Å². The Morgan fingerprint density at radius 1 is 0.417 bits per heavy atom. The number of amidine groups is 2. The van der Waals surface area contributed by atoms with Gasteiger partial charge in [0.15, 0.2) is 5.84 Å². The molecule has 0 atom stereocenters. The van der Waals surface area contributed by atoms with E-state index in [4.69, 9.17) is 10.7 Å². The van der Waals surface area contributed by atoms with Gasteiger partial charge < -0.3 is 5.73 Å². The molecule has 2 aliphatic rings. The van der Waals surface area contributed by atoms with Gasteiger partial charge in [-0.2, -0.15) is 0 Å². The highest BCUT2D eigenvalue weighted by atomic mass is 14.9. The van der Waals surface area contributed by atoms with Crippen molar-refractivity contribution in [1.82, 2.24) is 0 Å². The lowest BCUT2D eigenvalue weighted by Gasteiger charge is -2.30. The van der Waals surface area contributed by atoms with Gasteiger partial charge in [0.1, 0.15) is 5.84 Å². The molecule has 7 aromatic rings. The Morgan fingerprint density at radius 2 is 0.854 bits per heavy atom. The summed E-state index contributed by atoms with van der Waals surface area (Å²) in [6.45, 7) is 0. The maximum absolute atomic E-state index is 9.25. The minimum atomic E-state index is -0.473. The molecule has 7 aromatic carbocycles.